The van der Waals surface area contributed by atoms with Gasteiger partial charge < -0.3 is 5.32 Å². The van der Waals surface area contributed by atoms with E-state index in [2.05, 4.69) is 31.4 Å². The molecule has 5 nitrogen and oxygen atoms in total. The summed E-state index contributed by atoms with van der Waals surface area (Å²) in [5.41, 5.74) is 0.797. The number of anilines is 1. The fraction of sp³-hybridized carbons (Fsp3) is 0. The van der Waals surface area contributed by atoms with Crippen LogP contribution in [0.3, 0.4) is 0 Å². The highest BCUT2D eigenvalue weighted by molar-refractivity contribution is 9.10. The molecule has 2 N–H and O–H groups in total. The molecule has 84 valence electrons. The highest BCUT2D eigenvalue weighted by Crippen LogP contribution is 2.14. The highest BCUT2D eigenvalue weighted by Gasteiger charge is 2.10. The van der Waals surface area contributed by atoms with Gasteiger partial charge in [-0.05, 0) is 18.2 Å². The Kier molecular flexibility index (Phi) is 3.21. The summed E-state index contributed by atoms with van der Waals surface area (Å²) in [5.74, 6) is 0.00419. The van der Waals surface area contributed by atoms with Crippen LogP contribution in [0.1, 0.15) is 15.9 Å². The Morgan fingerprint density at radius 2 is 2.35 bits per heavy atom. The van der Waals surface area contributed by atoms with Crippen LogP contribution >= 0.6 is 15.9 Å². The van der Waals surface area contributed by atoms with Crippen LogP contribution < -0.4 is 5.32 Å². The van der Waals surface area contributed by atoms with E-state index < -0.39 is 0 Å². The number of nitrogens with zero attached hydrogens (tertiary/aromatic N) is 2. The molecule has 0 aliphatic heterocycles. The number of rotatable bonds is 2. The lowest BCUT2D eigenvalue weighted by molar-refractivity contribution is 0.102. The zero-order valence-corrected chi connectivity index (χ0v) is 10.2. The number of H-pyrrole nitrogens is 1. The third kappa shape index (κ3) is 2.52. The van der Waals surface area contributed by atoms with Gasteiger partial charge in [-0.15, -0.1) is 0 Å². The number of benzene rings is 1. The lowest BCUT2D eigenvalue weighted by Gasteiger charge is -2.03. The number of nitriles is 1. The van der Waals surface area contributed by atoms with Crippen LogP contribution in [0.2, 0.25) is 0 Å². The molecule has 1 aromatic heterocycles. The number of aromatic nitrogens is 2. The normalized spacial score (nSPS) is 9.65. The monoisotopic (exact) mass is 290 g/mol. The average Bonchev–Trinajstić information content (AvgIpc) is 2.76. The van der Waals surface area contributed by atoms with E-state index in [9.17, 15) is 4.79 Å². The SMILES string of the molecule is N#Cc1cn[nH]c1NC(=O)c1cccc(Br)c1. The fourth-order valence-electron chi connectivity index (χ4n) is 1.28. The Morgan fingerprint density at radius 1 is 1.53 bits per heavy atom. The van der Waals surface area contributed by atoms with E-state index in [1.807, 2.05) is 12.1 Å². The fourth-order valence-corrected chi connectivity index (χ4v) is 1.68. The summed E-state index contributed by atoms with van der Waals surface area (Å²) in [7, 11) is 0. The van der Waals surface area contributed by atoms with E-state index >= 15 is 0 Å². The van der Waals surface area contributed by atoms with Crippen molar-refractivity contribution in [2.24, 2.45) is 0 Å². The van der Waals surface area contributed by atoms with Gasteiger partial charge in [0.15, 0.2) is 0 Å². The van der Waals surface area contributed by atoms with Gasteiger partial charge in [-0.1, -0.05) is 22.0 Å². The van der Waals surface area contributed by atoms with Crippen molar-refractivity contribution in [2.75, 3.05) is 5.32 Å². The van der Waals surface area contributed by atoms with Gasteiger partial charge in [-0.2, -0.15) is 10.4 Å². The first kappa shape index (κ1) is 11.4. The predicted molar refractivity (Wildman–Crippen MR) is 65.4 cm³/mol. The number of hydrogen-bond donors (Lipinski definition) is 2. The lowest BCUT2D eigenvalue weighted by Crippen LogP contribution is -2.12. The predicted octanol–water partition coefficient (Wildman–Crippen LogP) is 2.30. The van der Waals surface area contributed by atoms with Crippen molar-refractivity contribution in [1.29, 1.82) is 5.26 Å². The van der Waals surface area contributed by atoms with Gasteiger partial charge in [0.2, 0.25) is 0 Å². The topological polar surface area (TPSA) is 81.6 Å². The summed E-state index contributed by atoms with van der Waals surface area (Å²) in [6.07, 6.45) is 1.36. The van der Waals surface area contributed by atoms with Crippen molar-refractivity contribution < 1.29 is 4.79 Å². The maximum Gasteiger partial charge on any atom is 0.256 e. The Labute approximate surface area is 106 Å². The van der Waals surface area contributed by atoms with Crippen molar-refractivity contribution >= 4 is 27.7 Å². The second-order valence-electron chi connectivity index (χ2n) is 3.23. The van der Waals surface area contributed by atoms with Crippen LogP contribution in [-0.2, 0) is 0 Å². The largest absolute Gasteiger partial charge is 0.306 e. The second-order valence-corrected chi connectivity index (χ2v) is 4.15. The molecule has 2 rings (SSSR count). The first-order valence-corrected chi connectivity index (χ1v) is 5.50. The first-order valence-electron chi connectivity index (χ1n) is 4.71. The molecule has 1 amide bonds. The third-order valence-corrected chi connectivity index (χ3v) is 2.58. The van der Waals surface area contributed by atoms with Crippen molar-refractivity contribution in [3.05, 3.63) is 46.1 Å². The molecule has 2 aromatic rings. The summed E-state index contributed by atoms with van der Waals surface area (Å²) in [6, 6.07) is 8.89. The Morgan fingerprint density at radius 3 is 3.06 bits per heavy atom. The van der Waals surface area contributed by atoms with E-state index in [1.54, 1.807) is 18.2 Å². The molecule has 0 atom stereocenters. The van der Waals surface area contributed by atoms with Crippen LogP contribution in [-0.4, -0.2) is 16.1 Å². The summed E-state index contributed by atoms with van der Waals surface area (Å²) in [4.78, 5) is 11.8. The number of halogens is 1. The number of hydrogen-bond acceptors (Lipinski definition) is 3. The molecule has 17 heavy (non-hydrogen) atoms. The van der Waals surface area contributed by atoms with Crippen molar-refractivity contribution in [3.63, 3.8) is 0 Å². The molecule has 0 bridgehead atoms. The summed E-state index contributed by atoms with van der Waals surface area (Å²) < 4.78 is 0.815. The summed E-state index contributed by atoms with van der Waals surface area (Å²) >= 11 is 3.28. The third-order valence-electron chi connectivity index (χ3n) is 2.09. The van der Waals surface area contributed by atoms with Gasteiger partial charge in [0.1, 0.15) is 17.5 Å². The van der Waals surface area contributed by atoms with Crippen LogP contribution in [0.15, 0.2) is 34.9 Å². The van der Waals surface area contributed by atoms with E-state index in [0.29, 0.717) is 16.9 Å². The molecule has 0 spiro atoms. The number of nitrogens with one attached hydrogen (secondary N) is 2. The number of amides is 1. The Balaban J connectivity index is 2.21. The molecule has 6 heteroatoms. The number of carbonyl (C=O) groups is 1. The maximum absolute atomic E-state index is 11.8. The molecule has 0 unspecified atom stereocenters. The molecule has 0 aliphatic rings. The van der Waals surface area contributed by atoms with Crippen LogP contribution in [0, 0.1) is 11.3 Å². The maximum atomic E-state index is 11.8. The van der Waals surface area contributed by atoms with Gasteiger partial charge >= 0.3 is 0 Å². The van der Waals surface area contributed by atoms with E-state index in [1.165, 1.54) is 6.20 Å². The molecule has 0 radical (unpaired) electrons. The van der Waals surface area contributed by atoms with E-state index in [4.69, 9.17) is 5.26 Å². The molecule has 0 fully saturated rings. The van der Waals surface area contributed by atoms with Gasteiger partial charge in [0.05, 0.1) is 6.20 Å². The average molecular weight is 291 g/mol. The van der Waals surface area contributed by atoms with Crippen LogP contribution in [0.25, 0.3) is 0 Å². The van der Waals surface area contributed by atoms with Gasteiger partial charge in [-0.3, -0.25) is 9.89 Å². The first-order chi connectivity index (χ1) is 8.20. The molecule has 0 aliphatic carbocycles. The van der Waals surface area contributed by atoms with Gasteiger partial charge in [-0.25, -0.2) is 0 Å². The quantitative estimate of drug-likeness (QED) is 0.890. The molecular weight excluding hydrogens is 284 g/mol. The number of carbonyl (C=O) groups excluding carboxylic acids is 1. The molecule has 0 saturated heterocycles. The summed E-state index contributed by atoms with van der Waals surface area (Å²) in [6.45, 7) is 0. The van der Waals surface area contributed by atoms with Gasteiger partial charge in [0, 0.05) is 10.0 Å². The zero-order valence-electron chi connectivity index (χ0n) is 8.57. The van der Waals surface area contributed by atoms with Crippen molar-refractivity contribution in [1.82, 2.24) is 10.2 Å². The zero-order chi connectivity index (χ0) is 12.3. The smallest absolute Gasteiger partial charge is 0.256 e. The minimum Gasteiger partial charge on any atom is -0.306 e. The molecule has 1 aromatic carbocycles. The minimum atomic E-state index is -0.299. The van der Waals surface area contributed by atoms with Crippen LogP contribution in [0.4, 0.5) is 5.82 Å². The van der Waals surface area contributed by atoms with E-state index in [-0.39, 0.29) is 5.91 Å². The van der Waals surface area contributed by atoms with Crippen LogP contribution in [0.5, 0.6) is 0 Å². The molecule has 0 saturated carbocycles. The Hall–Kier alpha value is -2.13. The molecule has 1 heterocycles. The second kappa shape index (κ2) is 4.80. The standard InChI is InChI=1S/C11H7BrN4O/c12-9-3-1-2-7(4-9)11(17)15-10-8(5-13)6-14-16-10/h1-4,6H,(H2,14,15,16,17). The van der Waals surface area contributed by atoms with Crippen molar-refractivity contribution in [3.8, 4) is 6.07 Å². The van der Waals surface area contributed by atoms with E-state index in [0.717, 1.165) is 4.47 Å². The Bertz CT molecular complexity index is 600. The lowest BCUT2D eigenvalue weighted by atomic mass is 10.2. The van der Waals surface area contributed by atoms with Crippen molar-refractivity contribution in [2.45, 2.75) is 0 Å². The number of aromatic amines is 1. The summed E-state index contributed by atoms with van der Waals surface area (Å²) in [5, 5.41) is 17.6. The highest BCUT2D eigenvalue weighted by atomic mass is 79.9. The molecular formula is C11H7BrN4O. The van der Waals surface area contributed by atoms with Gasteiger partial charge in [0.25, 0.3) is 5.91 Å². The minimum absolute atomic E-state index is 0.299.